The number of nitrogens with zero attached hydrogens (tertiary/aromatic N) is 1. The Hall–Kier alpha value is -7.74. The first-order chi connectivity index (χ1) is 29.8. The molecule has 1 spiro atoms. The second-order valence-electron chi connectivity index (χ2n) is 16.0. The van der Waals surface area contributed by atoms with Crippen LogP contribution in [0.5, 0.6) is 0 Å². The molecule has 0 aromatic heterocycles. The van der Waals surface area contributed by atoms with Gasteiger partial charge in [-0.3, -0.25) is 0 Å². The molecule has 0 heterocycles. The highest BCUT2D eigenvalue weighted by atomic mass is 15.1. The predicted molar refractivity (Wildman–Crippen MR) is 251 cm³/mol. The summed E-state index contributed by atoms with van der Waals surface area (Å²) in [5, 5.41) is 2.42. The SMILES string of the molecule is c1ccc(-c2ccc(N(c3ccc(-c4ccccc4)cc3)c3ccc(-c4cccc5c4-c4ccccc4C54c5ccccc5-c5ccccc54)c4ccccc34)cc2)cc1. The van der Waals surface area contributed by atoms with Crippen LogP contribution in [0, 0.1) is 0 Å². The zero-order valence-corrected chi connectivity index (χ0v) is 33.0. The largest absolute Gasteiger partial charge is 0.310 e. The molecule has 0 unspecified atom stereocenters. The fraction of sp³-hybridized carbons (Fsp3) is 0.0169. The summed E-state index contributed by atoms with van der Waals surface area (Å²) in [4.78, 5) is 2.42. The van der Waals surface area contributed by atoms with Gasteiger partial charge in [0.15, 0.2) is 0 Å². The molecule has 10 aromatic carbocycles. The van der Waals surface area contributed by atoms with Crippen LogP contribution in [0.4, 0.5) is 17.1 Å². The summed E-state index contributed by atoms with van der Waals surface area (Å²) in [6, 6.07) is 87.1. The summed E-state index contributed by atoms with van der Waals surface area (Å²) in [6.45, 7) is 0. The lowest BCUT2D eigenvalue weighted by Crippen LogP contribution is -2.25. The third kappa shape index (κ3) is 5.06. The third-order valence-electron chi connectivity index (χ3n) is 12.9. The number of hydrogen-bond donors (Lipinski definition) is 0. The first kappa shape index (κ1) is 34.3. The summed E-state index contributed by atoms with van der Waals surface area (Å²) in [6.07, 6.45) is 0. The molecule has 2 aliphatic carbocycles. The van der Waals surface area contributed by atoms with Crippen molar-refractivity contribution in [3.63, 3.8) is 0 Å². The molecule has 0 bridgehead atoms. The van der Waals surface area contributed by atoms with Gasteiger partial charge >= 0.3 is 0 Å². The maximum absolute atomic E-state index is 2.42. The first-order valence-electron chi connectivity index (χ1n) is 20.8. The Morgan fingerprint density at radius 2 is 0.667 bits per heavy atom. The van der Waals surface area contributed by atoms with E-state index < -0.39 is 0 Å². The number of anilines is 3. The van der Waals surface area contributed by atoms with Crippen LogP contribution in [0.15, 0.2) is 237 Å². The monoisotopic (exact) mass is 761 g/mol. The molecule has 0 atom stereocenters. The molecule has 0 radical (unpaired) electrons. The zero-order valence-electron chi connectivity index (χ0n) is 33.0. The van der Waals surface area contributed by atoms with E-state index in [9.17, 15) is 0 Å². The van der Waals surface area contributed by atoms with Gasteiger partial charge in [-0.25, -0.2) is 0 Å². The van der Waals surface area contributed by atoms with Crippen molar-refractivity contribution >= 4 is 27.8 Å². The van der Waals surface area contributed by atoms with Crippen molar-refractivity contribution in [3.8, 4) is 55.6 Å². The van der Waals surface area contributed by atoms with Gasteiger partial charge in [0.05, 0.1) is 11.1 Å². The number of rotatable bonds is 6. The molecule has 280 valence electrons. The maximum atomic E-state index is 2.42. The number of benzene rings is 10. The normalized spacial score (nSPS) is 12.8. The molecule has 1 nitrogen and oxygen atoms in total. The van der Waals surface area contributed by atoms with Gasteiger partial charge in [0, 0.05) is 16.8 Å². The van der Waals surface area contributed by atoms with Crippen molar-refractivity contribution < 1.29 is 0 Å². The van der Waals surface area contributed by atoms with E-state index in [1.54, 1.807) is 0 Å². The minimum atomic E-state index is -0.389. The Morgan fingerprint density at radius 3 is 1.23 bits per heavy atom. The molecule has 0 fully saturated rings. The van der Waals surface area contributed by atoms with Gasteiger partial charge < -0.3 is 4.90 Å². The topological polar surface area (TPSA) is 3.24 Å². The van der Waals surface area contributed by atoms with Crippen LogP contribution in [0.3, 0.4) is 0 Å². The highest BCUT2D eigenvalue weighted by Gasteiger charge is 2.52. The molecule has 0 amide bonds. The highest BCUT2D eigenvalue weighted by Crippen LogP contribution is 2.64. The third-order valence-corrected chi connectivity index (χ3v) is 12.9. The summed E-state index contributed by atoms with van der Waals surface area (Å²) in [5.74, 6) is 0. The van der Waals surface area contributed by atoms with E-state index in [-0.39, 0.29) is 5.41 Å². The van der Waals surface area contributed by atoms with Gasteiger partial charge in [-0.1, -0.05) is 206 Å². The predicted octanol–water partition coefficient (Wildman–Crippen LogP) is 15.7. The Labute approximate surface area is 351 Å². The lowest BCUT2D eigenvalue weighted by molar-refractivity contribution is 0.794. The molecule has 60 heavy (non-hydrogen) atoms. The van der Waals surface area contributed by atoms with E-state index in [0.717, 1.165) is 17.1 Å². The molecule has 2 aliphatic rings. The van der Waals surface area contributed by atoms with Crippen LogP contribution in [-0.2, 0) is 5.41 Å². The van der Waals surface area contributed by atoms with Gasteiger partial charge in [-0.15, -0.1) is 0 Å². The van der Waals surface area contributed by atoms with Crippen molar-refractivity contribution in [2.45, 2.75) is 5.41 Å². The molecule has 12 rings (SSSR count). The van der Waals surface area contributed by atoms with Crippen LogP contribution in [-0.4, -0.2) is 0 Å². The van der Waals surface area contributed by atoms with Crippen LogP contribution in [0.2, 0.25) is 0 Å². The van der Waals surface area contributed by atoms with Crippen molar-refractivity contribution in [1.82, 2.24) is 0 Å². The van der Waals surface area contributed by atoms with Crippen molar-refractivity contribution in [2.75, 3.05) is 4.90 Å². The van der Waals surface area contributed by atoms with E-state index in [1.807, 2.05) is 0 Å². The highest BCUT2D eigenvalue weighted by molar-refractivity contribution is 6.10. The van der Waals surface area contributed by atoms with Gasteiger partial charge in [-0.05, 0) is 114 Å². The smallest absolute Gasteiger partial charge is 0.0725 e. The van der Waals surface area contributed by atoms with Crippen LogP contribution < -0.4 is 4.90 Å². The molecular formula is C59H39N. The molecule has 0 N–H and O–H groups in total. The molecule has 0 aliphatic heterocycles. The first-order valence-corrected chi connectivity index (χ1v) is 20.8. The number of hydrogen-bond acceptors (Lipinski definition) is 1. The van der Waals surface area contributed by atoms with E-state index in [4.69, 9.17) is 0 Å². The summed E-state index contributed by atoms with van der Waals surface area (Å²) in [5.41, 5.74) is 21.0. The van der Waals surface area contributed by atoms with Crippen molar-refractivity contribution in [1.29, 1.82) is 0 Å². The van der Waals surface area contributed by atoms with Crippen LogP contribution in [0.1, 0.15) is 22.3 Å². The fourth-order valence-electron chi connectivity index (χ4n) is 10.4. The average Bonchev–Trinajstić information content (AvgIpc) is 3.80. The summed E-state index contributed by atoms with van der Waals surface area (Å²) in [7, 11) is 0. The quantitative estimate of drug-likeness (QED) is 0.163. The summed E-state index contributed by atoms with van der Waals surface area (Å²) < 4.78 is 0. The van der Waals surface area contributed by atoms with Gasteiger partial charge in [0.25, 0.3) is 0 Å². The standard InChI is InChI=1S/C59H39N/c1-3-16-40(17-4-1)42-30-34-44(35-31-42)60(45-36-32-43(33-37-45)41-18-5-2-6-19-41)57-39-38-47(46-20-7-8-23-50(46)57)51-25-15-29-56-58(51)52-24-11-14-28-55(52)59(56)53-26-12-9-21-48(53)49-22-10-13-27-54(49)59/h1-39H. The molecule has 10 aromatic rings. The van der Waals surface area contributed by atoms with Gasteiger partial charge in [0.2, 0.25) is 0 Å². The van der Waals surface area contributed by atoms with E-state index in [1.165, 1.54) is 88.7 Å². The Morgan fingerprint density at radius 1 is 0.250 bits per heavy atom. The maximum Gasteiger partial charge on any atom is 0.0725 e. The van der Waals surface area contributed by atoms with Gasteiger partial charge in [0.1, 0.15) is 0 Å². The second-order valence-corrected chi connectivity index (χ2v) is 16.0. The molecule has 0 saturated heterocycles. The zero-order chi connectivity index (χ0) is 39.6. The van der Waals surface area contributed by atoms with Crippen molar-refractivity contribution in [2.24, 2.45) is 0 Å². The minimum Gasteiger partial charge on any atom is -0.310 e. The van der Waals surface area contributed by atoms with Crippen LogP contribution >= 0.6 is 0 Å². The second kappa shape index (κ2) is 13.7. The summed E-state index contributed by atoms with van der Waals surface area (Å²) >= 11 is 0. The molecule has 1 heteroatoms. The van der Waals surface area contributed by atoms with Gasteiger partial charge in [-0.2, -0.15) is 0 Å². The Balaban J connectivity index is 1.06. The lowest BCUT2D eigenvalue weighted by Gasteiger charge is -2.30. The minimum absolute atomic E-state index is 0.389. The fourth-order valence-corrected chi connectivity index (χ4v) is 10.4. The van der Waals surface area contributed by atoms with E-state index >= 15 is 0 Å². The average molecular weight is 762 g/mol. The van der Waals surface area contributed by atoms with E-state index in [2.05, 4.69) is 241 Å². The number of fused-ring (bicyclic) bond motifs is 11. The van der Waals surface area contributed by atoms with E-state index in [0.29, 0.717) is 0 Å². The molecular weight excluding hydrogens is 723 g/mol. The van der Waals surface area contributed by atoms with Crippen molar-refractivity contribution in [3.05, 3.63) is 259 Å². The molecule has 0 saturated carbocycles. The van der Waals surface area contributed by atoms with Crippen LogP contribution in [0.25, 0.3) is 66.4 Å². The lowest BCUT2D eigenvalue weighted by atomic mass is 9.70. The Bertz CT molecular complexity index is 3110. The Kier molecular flexibility index (Phi) is 7.83.